The van der Waals surface area contributed by atoms with Gasteiger partial charge >= 0.3 is 0 Å². The van der Waals surface area contributed by atoms with Gasteiger partial charge in [-0.1, -0.05) is 36.4 Å². The Morgan fingerprint density at radius 2 is 1.81 bits per heavy atom. The Kier molecular flexibility index (Phi) is 4.32. The first-order valence-corrected chi connectivity index (χ1v) is 10.7. The van der Waals surface area contributed by atoms with Crippen LogP contribution >= 0.6 is 0 Å². The van der Waals surface area contributed by atoms with Crippen LogP contribution in [0.5, 0.6) is 23.0 Å². The van der Waals surface area contributed by atoms with Crippen LogP contribution in [0.1, 0.15) is 22.6 Å². The van der Waals surface area contributed by atoms with Crippen LogP contribution in [0.2, 0.25) is 0 Å². The predicted octanol–water partition coefficient (Wildman–Crippen LogP) is 4.35. The summed E-state index contributed by atoms with van der Waals surface area (Å²) in [5.41, 5.74) is 4.09. The van der Waals surface area contributed by atoms with Gasteiger partial charge in [0.2, 0.25) is 6.79 Å². The molecule has 0 spiro atoms. The third kappa shape index (κ3) is 3.03. The Labute approximate surface area is 182 Å². The molecule has 1 saturated heterocycles. The van der Waals surface area contributed by atoms with E-state index in [1.54, 1.807) is 7.11 Å². The second-order valence-electron chi connectivity index (χ2n) is 8.62. The van der Waals surface area contributed by atoms with Crippen molar-refractivity contribution in [3.63, 3.8) is 0 Å². The van der Waals surface area contributed by atoms with Gasteiger partial charge in [-0.25, -0.2) is 0 Å². The molecule has 2 heterocycles. The molecule has 31 heavy (non-hydrogen) atoms. The lowest BCUT2D eigenvalue weighted by atomic mass is 9.58. The van der Waals surface area contributed by atoms with Gasteiger partial charge in [0.1, 0.15) is 11.5 Å². The maximum Gasteiger partial charge on any atom is 0.231 e. The molecule has 0 amide bonds. The van der Waals surface area contributed by atoms with Crippen LogP contribution in [0.3, 0.4) is 0 Å². The van der Waals surface area contributed by atoms with E-state index in [4.69, 9.17) is 18.9 Å². The first-order valence-electron chi connectivity index (χ1n) is 10.7. The van der Waals surface area contributed by atoms with Crippen LogP contribution in [0, 0.1) is 0 Å². The van der Waals surface area contributed by atoms with Crippen molar-refractivity contribution in [1.29, 1.82) is 0 Å². The molecule has 3 aromatic carbocycles. The Balaban J connectivity index is 1.27. The second-order valence-corrected chi connectivity index (χ2v) is 8.62. The number of ether oxygens (including phenoxy) is 4. The summed E-state index contributed by atoms with van der Waals surface area (Å²) in [6.07, 6.45) is 0. The molecule has 0 N–H and O–H groups in total. The molecular weight excluding hydrogens is 390 g/mol. The van der Waals surface area contributed by atoms with Crippen LogP contribution in [-0.2, 0) is 12.0 Å². The van der Waals surface area contributed by atoms with Gasteiger partial charge in [-0.3, -0.25) is 4.90 Å². The van der Waals surface area contributed by atoms with Crippen LogP contribution in [-0.4, -0.2) is 38.5 Å². The third-order valence-corrected chi connectivity index (χ3v) is 6.88. The van der Waals surface area contributed by atoms with Crippen molar-refractivity contribution in [2.24, 2.45) is 0 Å². The number of nitrogens with zero attached hydrogens (tertiary/aromatic N) is 1. The van der Waals surface area contributed by atoms with E-state index in [0.717, 1.165) is 42.6 Å². The molecule has 5 heteroatoms. The van der Waals surface area contributed by atoms with E-state index in [0.29, 0.717) is 12.5 Å². The molecule has 5 nitrogen and oxygen atoms in total. The van der Waals surface area contributed by atoms with E-state index < -0.39 is 0 Å². The van der Waals surface area contributed by atoms with Gasteiger partial charge in [0.25, 0.3) is 0 Å². The molecule has 3 aromatic rings. The van der Waals surface area contributed by atoms with Gasteiger partial charge in [-0.2, -0.15) is 0 Å². The third-order valence-electron chi connectivity index (χ3n) is 6.88. The molecular formula is C26H25NO4. The summed E-state index contributed by atoms with van der Waals surface area (Å²) in [5.74, 6) is 3.71. The number of hydrogen-bond donors (Lipinski definition) is 0. The number of rotatable bonds is 6. The van der Waals surface area contributed by atoms with Crippen molar-refractivity contribution in [3.8, 4) is 23.0 Å². The van der Waals surface area contributed by atoms with Crippen LogP contribution in [0.4, 0.5) is 0 Å². The summed E-state index contributed by atoms with van der Waals surface area (Å²) >= 11 is 0. The van der Waals surface area contributed by atoms with Gasteiger partial charge < -0.3 is 18.9 Å². The highest BCUT2D eigenvalue weighted by Gasteiger charge is 2.57. The summed E-state index contributed by atoms with van der Waals surface area (Å²) in [6.45, 7) is 3.86. The zero-order valence-corrected chi connectivity index (χ0v) is 17.5. The maximum atomic E-state index is 6.37. The van der Waals surface area contributed by atoms with Gasteiger partial charge in [-0.05, 0) is 41.0 Å². The van der Waals surface area contributed by atoms with Gasteiger partial charge in [0, 0.05) is 31.6 Å². The molecule has 0 saturated carbocycles. The summed E-state index contributed by atoms with van der Waals surface area (Å²) in [6, 6.07) is 23.0. The minimum atomic E-state index is -0.0327. The van der Waals surface area contributed by atoms with Gasteiger partial charge in [0.15, 0.2) is 11.5 Å². The van der Waals surface area contributed by atoms with Gasteiger partial charge in [-0.15, -0.1) is 0 Å². The van der Waals surface area contributed by atoms with Crippen molar-refractivity contribution >= 4 is 0 Å². The van der Waals surface area contributed by atoms with Crippen molar-refractivity contribution < 1.29 is 18.9 Å². The number of methoxy groups -OCH3 is 1. The molecule has 0 radical (unpaired) electrons. The molecule has 2 aliphatic heterocycles. The lowest BCUT2D eigenvalue weighted by Gasteiger charge is -2.46. The topological polar surface area (TPSA) is 40.2 Å². The normalized spacial score (nSPS) is 23.1. The highest BCUT2D eigenvalue weighted by molar-refractivity contribution is 5.56. The molecule has 0 unspecified atom stereocenters. The fourth-order valence-electron chi connectivity index (χ4n) is 5.36. The first kappa shape index (κ1) is 18.6. The fourth-order valence-corrected chi connectivity index (χ4v) is 5.36. The maximum absolute atomic E-state index is 6.37. The van der Waals surface area contributed by atoms with Crippen molar-refractivity contribution in [3.05, 3.63) is 83.4 Å². The minimum absolute atomic E-state index is 0.0327. The van der Waals surface area contributed by atoms with Gasteiger partial charge in [0.05, 0.1) is 19.1 Å². The van der Waals surface area contributed by atoms with E-state index in [-0.39, 0.29) is 12.2 Å². The highest BCUT2D eigenvalue weighted by atomic mass is 16.7. The molecule has 1 aliphatic carbocycles. The monoisotopic (exact) mass is 415 g/mol. The van der Waals surface area contributed by atoms with E-state index in [2.05, 4.69) is 53.4 Å². The van der Waals surface area contributed by atoms with Crippen LogP contribution in [0.15, 0.2) is 66.7 Å². The summed E-state index contributed by atoms with van der Waals surface area (Å²) in [5, 5.41) is 0. The van der Waals surface area contributed by atoms with E-state index in [1.807, 2.05) is 18.2 Å². The van der Waals surface area contributed by atoms with Crippen LogP contribution in [0.25, 0.3) is 0 Å². The van der Waals surface area contributed by atoms with E-state index in [9.17, 15) is 0 Å². The highest BCUT2D eigenvalue weighted by Crippen LogP contribution is 2.57. The van der Waals surface area contributed by atoms with Crippen molar-refractivity contribution in [1.82, 2.24) is 4.90 Å². The molecule has 6 rings (SSSR count). The fraction of sp³-hybridized carbons (Fsp3) is 0.308. The zero-order valence-electron chi connectivity index (χ0n) is 17.5. The number of likely N-dealkylation sites (tertiary alicyclic amines) is 1. The zero-order chi connectivity index (χ0) is 20.8. The minimum Gasteiger partial charge on any atom is -0.497 e. The Morgan fingerprint density at radius 3 is 2.68 bits per heavy atom. The second kappa shape index (κ2) is 7.20. The van der Waals surface area contributed by atoms with Crippen molar-refractivity contribution in [2.75, 3.05) is 33.6 Å². The van der Waals surface area contributed by atoms with Crippen molar-refractivity contribution in [2.45, 2.75) is 17.9 Å². The average molecular weight is 415 g/mol. The molecule has 3 aliphatic rings. The van der Waals surface area contributed by atoms with E-state index in [1.165, 1.54) is 16.7 Å². The number of benzene rings is 3. The molecule has 1 fully saturated rings. The van der Waals surface area contributed by atoms with Crippen LogP contribution < -0.4 is 18.9 Å². The SMILES string of the molecule is COc1ccc2c(c1)[C@]1(COc3ccc4c(c3)OCO4)CN(Cc3ccccc3)C[C@H]21. The molecule has 2 atom stereocenters. The lowest BCUT2D eigenvalue weighted by molar-refractivity contribution is 0.172. The number of hydrogen-bond acceptors (Lipinski definition) is 5. The Hall–Kier alpha value is -3.18. The smallest absolute Gasteiger partial charge is 0.231 e. The quantitative estimate of drug-likeness (QED) is 0.599. The molecule has 0 aromatic heterocycles. The molecule has 0 bridgehead atoms. The molecule has 158 valence electrons. The predicted molar refractivity (Wildman–Crippen MR) is 117 cm³/mol. The summed E-state index contributed by atoms with van der Waals surface area (Å²) in [4.78, 5) is 2.55. The summed E-state index contributed by atoms with van der Waals surface area (Å²) < 4.78 is 22.8. The largest absolute Gasteiger partial charge is 0.497 e. The first-order chi connectivity index (χ1) is 15.2. The number of fused-ring (bicyclic) bond motifs is 5. The Bertz CT molecular complexity index is 1120. The van der Waals surface area contributed by atoms with E-state index >= 15 is 0 Å². The lowest BCUT2D eigenvalue weighted by Crippen LogP contribution is -2.48. The average Bonchev–Trinajstić information content (AvgIpc) is 3.39. The summed E-state index contributed by atoms with van der Waals surface area (Å²) in [7, 11) is 1.73. The standard InChI is InChI=1S/C26H25NO4/c1-28-19-7-9-21-22(11-19)26(16-29-20-8-10-24-25(12-20)31-17-30-24)15-27(14-23(21)26)13-18-5-3-2-4-6-18/h2-12,23H,13-17H2,1H3/t23-,26-/m1/s1. The Morgan fingerprint density at radius 1 is 0.968 bits per heavy atom.